The van der Waals surface area contributed by atoms with Crippen LogP contribution >= 0.6 is 0 Å². The molecule has 0 saturated carbocycles. The van der Waals surface area contributed by atoms with E-state index in [0.29, 0.717) is 0 Å². The van der Waals surface area contributed by atoms with Gasteiger partial charge >= 0.3 is 0 Å². The lowest BCUT2D eigenvalue weighted by Gasteiger charge is -2.17. The highest BCUT2D eigenvalue weighted by Crippen LogP contribution is 2.23. The lowest BCUT2D eigenvalue weighted by Crippen LogP contribution is -2.29. The number of hydrogen-bond donors (Lipinski definition) is 0. The van der Waals surface area contributed by atoms with Crippen molar-refractivity contribution >= 4 is 5.78 Å². The summed E-state index contributed by atoms with van der Waals surface area (Å²) >= 11 is 0. The summed E-state index contributed by atoms with van der Waals surface area (Å²) in [5.41, 5.74) is 0.503. The standard InChI is InChI=1S/C9H14N2O/c1-6-5-7(11-10-6)8(12)9(2,3)4/h5,7H,1-4H3. The quantitative estimate of drug-likeness (QED) is 0.589. The molecular weight excluding hydrogens is 152 g/mol. The molecule has 0 saturated heterocycles. The Morgan fingerprint density at radius 3 is 2.42 bits per heavy atom. The maximum absolute atomic E-state index is 11.6. The van der Waals surface area contributed by atoms with E-state index in [0.717, 1.165) is 5.70 Å². The highest BCUT2D eigenvalue weighted by atomic mass is 16.1. The van der Waals surface area contributed by atoms with Crippen LogP contribution in [-0.2, 0) is 4.79 Å². The van der Waals surface area contributed by atoms with Crippen LogP contribution in [0.2, 0.25) is 0 Å². The van der Waals surface area contributed by atoms with Crippen molar-refractivity contribution in [2.24, 2.45) is 15.6 Å². The normalized spacial score (nSPS) is 22.7. The van der Waals surface area contributed by atoms with Gasteiger partial charge < -0.3 is 0 Å². The van der Waals surface area contributed by atoms with Gasteiger partial charge in [-0.15, -0.1) is 0 Å². The predicted molar refractivity (Wildman–Crippen MR) is 46.9 cm³/mol. The summed E-state index contributed by atoms with van der Waals surface area (Å²) in [6, 6.07) is -0.343. The van der Waals surface area contributed by atoms with E-state index in [-0.39, 0.29) is 17.2 Å². The van der Waals surface area contributed by atoms with Crippen LogP contribution in [0, 0.1) is 5.41 Å². The number of allylic oxidation sites excluding steroid dienone is 1. The zero-order valence-electron chi connectivity index (χ0n) is 7.96. The van der Waals surface area contributed by atoms with E-state index >= 15 is 0 Å². The van der Waals surface area contributed by atoms with Crippen molar-refractivity contribution in [1.82, 2.24) is 0 Å². The molecule has 1 unspecified atom stereocenters. The van der Waals surface area contributed by atoms with Gasteiger partial charge in [-0.2, -0.15) is 10.2 Å². The van der Waals surface area contributed by atoms with Gasteiger partial charge in [0.05, 0.1) is 5.70 Å². The van der Waals surface area contributed by atoms with E-state index in [9.17, 15) is 4.79 Å². The van der Waals surface area contributed by atoms with Gasteiger partial charge in [-0.05, 0) is 13.0 Å². The number of hydrogen-bond acceptors (Lipinski definition) is 3. The number of rotatable bonds is 1. The molecule has 0 spiro atoms. The Morgan fingerprint density at radius 1 is 1.50 bits per heavy atom. The Bertz CT molecular complexity index is 258. The third-order valence-corrected chi connectivity index (χ3v) is 1.75. The molecule has 1 aliphatic rings. The van der Waals surface area contributed by atoms with Crippen LogP contribution in [0.4, 0.5) is 0 Å². The summed E-state index contributed by atoms with van der Waals surface area (Å²) in [6.07, 6.45) is 1.80. The molecule has 0 aromatic heterocycles. The lowest BCUT2D eigenvalue weighted by atomic mass is 9.87. The second-order valence-corrected chi connectivity index (χ2v) is 4.08. The summed E-state index contributed by atoms with van der Waals surface area (Å²) in [5.74, 6) is 0.128. The Kier molecular flexibility index (Phi) is 2.13. The minimum absolute atomic E-state index is 0.128. The van der Waals surface area contributed by atoms with E-state index in [1.807, 2.05) is 27.7 Å². The van der Waals surface area contributed by atoms with E-state index in [1.54, 1.807) is 6.08 Å². The van der Waals surface area contributed by atoms with Crippen molar-refractivity contribution in [3.8, 4) is 0 Å². The van der Waals surface area contributed by atoms with Crippen molar-refractivity contribution in [2.45, 2.75) is 33.7 Å². The van der Waals surface area contributed by atoms with Crippen LogP contribution < -0.4 is 0 Å². The number of nitrogens with zero attached hydrogens (tertiary/aromatic N) is 2. The van der Waals surface area contributed by atoms with Gasteiger partial charge in [0.25, 0.3) is 0 Å². The average Bonchev–Trinajstić information content (AvgIpc) is 2.32. The molecule has 66 valence electrons. The van der Waals surface area contributed by atoms with Gasteiger partial charge in [-0.3, -0.25) is 4.79 Å². The van der Waals surface area contributed by atoms with Gasteiger partial charge in [-0.1, -0.05) is 20.8 Å². The number of carbonyl (C=O) groups is 1. The Balaban J connectivity index is 2.75. The van der Waals surface area contributed by atoms with Gasteiger partial charge in [0.2, 0.25) is 0 Å². The molecule has 1 aliphatic heterocycles. The van der Waals surface area contributed by atoms with Gasteiger partial charge in [-0.25, -0.2) is 0 Å². The molecule has 0 aromatic carbocycles. The first-order chi connectivity index (χ1) is 5.41. The summed E-state index contributed by atoms with van der Waals surface area (Å²) in [4.78, 5) is 11.6. The zero-order valence-corrected chi connectivity index (χ0v) is 7.96. The molecule has 0 bridgehead atoms. The first-order valence-corrected chi connectivity index (χ1v) is 4.05. The summed E-state index contributed by atoms with van der Waals surface area (Å²) in [7, 11) is 0. The molecule has 12 heavy (non-hydrogen) atoms. The molecule has 0 N–H and O–H groups in total. The van der Waals surface area contributed by atoms with Gasteiger partial charge in [0.1, 0.15) is 0 Å². The molecule has 1 atom stereocenters. The minimum atomic E-state index is -0.343. The molecule has 0 aliphatic carbocycles. The van der Waals surface area contributed by atoms with Crippen molar-refractivity contribution < 1.29 is 4.79 Å². The first-order valence-electron chi connectivity index (χ1n) is 4.05. The van der Waals surface area contributed by atoms with Gasteiger partial charge in [0, 0.05) is 5.41 Å². The molecule has 1 heterocycles. The van der Waals surface area contributed by atoms with Crippen molar-refractivity contribution in [3.63, 3.8) is 0 Å². The fraction of sp³-hybridized carbons (Fsp3) is 0.667. The number of carbonyl (C=O) groups excluding carboxylic acids is 1. The zero-order chi connectivity index (χ0) is 9.35. The van der Waals surface area contributed by atoms with Crippen LogP contribution in [0.5, 0.6) is 0 Å². The van der Waals surface area contributed by atoms with E-state index in [1.165, 1.54) is 0 Å². The van der Waals surface area contributed by atoms with E-state index in [2.05, 4.69) is 10.2 Å². The summed E-state index contributed by atoms with van der Waals surface area (Å²) < 4.78 is 0. The molecule has 1 rings (SSSR count). The van der Waals surface area contributed by atoms with E-state index < -0.39 is 0 Å². The summed E-state index contributed by atoms with van der Waals surface area (Å²) in [5, 5.41) is 7.68. The Morgan fingerprint density at radius 2 is 2.08 bits per heavy atom. The number of azo groups is 1. The third-order valence-electron chi connectivity index (χ3n) is 1.75. The van der Waals surface area contributed by atoms with Crippen LogP contribution in [0.25, 0.3) is 0 Å². The first kappa shape index (κ1) is 9.10. The molecule has 0 radical (unpaired) electrons. The highest BCUT2D eigenvalue weighted by Gasteiger charge is 2.29. The molecular formula is C9H14N2O. The lowest BCUT2D eigenvalue weighted by molar-refractivity contribution is -0.126. The fourth-order valence-corrected chi connectivity index (χ4v) is 1.02. The van der Waals surface area contributed by atoms with Crippen molar-refractivity contribution in [3.05, 3.63) is 11.8 Å². The maximum atomic E-state index is 11.6. The molecule has 3 heteroatoms. The van der Waals surface area contributed by atoms with Crippen molar-refractivity contribution in [1.29, 1.82) is 0 Å². The Labute approximate surface area is 72.6 Å². The monoisotopic (exact) mass is 166 g/mol. The van der Waals surface area contributed by atoms with Crippen LogP contribution in [-0.4, -0.2) is 11.8 Å². The third kappa shape index (κ3) is 1.78. The highest BCUT2D eigenvalue weighted by molar-refractivity contribution is 5.90. The SMILES string of the molecule is CC1=CC(C(=O)C(C)(C)C)N=N1. The molecule has 0 fully saturated rings. The maximum Gasteiger partial charge on any atom is 0.168 e. The predicted octanol–water partition coefficient (Wildman–Crippen LogP) is 2.34. The van der Waals surface area contributed by atoms with E-state index in [4.69, 9.17) is 0 Å². The molecule has 0 aromatic rings. The molecule has 3 nitrogen and oxygen atoms in total. The average molecular weight is 166 g/mol. The van der Waals surface area contributed by atoms with Crippen LogP contribution in [0.3, 0.4) is 0 Å². The molecule has 0 amide bonds. The summed E-state index contributed by atoms with van der Waals surface area (Å²) in [6.45, 7) is 7.53. The van der Waals surface area contributed by atoms with Crippen molar-refractivity contribution in [2.75, 3.05) is 0 Å². The second-order valence-electron chi connectivity index (χ2n) is 4.08. The number of Topliss-reactive ketones (excluding diaryl/α,β-unsaturated/α-hetero) is 1. The second kappa shape index (κ2) is 2.81. The number of ketones is 1. The minimum Gasteiger partial charge on any atom is -0.296 e. The smallest absolute Gasteiger partial charge is 0.168 e. The fourth-order valence-electron chi connectivity index (χ4n) is 1.02. The van der Waals surface area contributed by atoms with Gasteiger partial charge in [0.15, 0.2) is 11.8 Å². The van der Waals surface area contributed by atoms with Crippen LogP contribution in [0.15, 0.2) is 22.0 Å². The topological polar surface area (TPSA) is 41.8 Å². The largest absolute Gasteiger partial charge is 0.296 e. The Hall–Kier alpha value is -0.990. The van der Waals surface area contributed by atoms with Crippen LogP contribution in [0.1, 0.15) is 27.7 Å².